The molecule has 0 radical (unpaired) electrons. The van der Waals surface area contributed by atoms with Gasteiger partial charge in [-0.2, -0.15) is 0 Å². The Labute approximate surface area is 135 Å². The van der Waals surface area contributed by atoms with Gasteiger partial charge in [0.25, 0.3) is 0 Å². The Morgan fingerprint density at radius 2 is 1.95 bits per heavy atom. The average molecular weight is 316 g/mol. The van der Waals surface area contributed by atoms with Crippen LogP contribution in [0.5, 0.6) is 5.75 Å². The number of hydrogen-bond acceptors (Lipinski definition) is 2. The van der Waals surface area contributed by atoms with E-state index in [9.17, 15) is 4.79 Å². The zero-order valence-corrected chi connectivity index (χ0v) is 13.4. The monoisotopic (exact) mass is 315 g/mol. The zero-order valence-electron chi connectivity index (χ0n) is 12.6. The second kappa shape index (κ2) is 7.66. The summed E-state index contributed by atoms with van der Waals surface area (Å²) in [5.41, 5.74) is 1.96. The molecule has 0 aliphatic rings. The van der Waals surface area contributed by atoms with Gasteiger partial charge in [0.2, 0.25) is 5.91 Å². The zero-order chi connectivity index (χ0) is 15.9. The van der Waals surface area contributed by atoms with Crippen molar-refractivity contribution in [1.29, 1.82) is 0 Å². The fourth-order valence-corrected chi connectivity index (χ4v) is 2.12. The van der Waals surface area contributed by atoms with Crippen LogP contribution in [0.2, 0.25) is 5.02 Å². The molecule has 4 heteroatoms. The summed E-state index contributed by atoms with van der Waals surface area (Å²) in [6.07, 6.45) is 3.34. The van der Waals surface area contributed by atoms with Crippen LogP contribution in [-0.4, -0.2) is 25.0 Å². The molecule has 0 heterocycles. The van der Waals surface area contributed by atoms with Crippen LogP contribution in [0.15, 0.2) is 54.6 Å². The minimum absolute atomic E-state index is 0.0576. The van der Waals surface area contributed by atoms with Crippen LogP contribution in [-0.2, 0) is 11.3 Å². The molecule has 1 amide bonds. The predicted molar refractivity (Wildman–Crippen MR) is 90.0 cm³/mol. The molecule has 2 aromatic carbocycles. The van der Waals surface area contributed by atoms with Gasteiger partial charge in [0.15, 0.2) is 0 Å². The van der Waals surface area contributed by atoms with Crippen LogP contribution in [0.4, 0.5) is 0 Å². The first-order valence-corrected chi connectivity index (χ1v) is 7.28. The number of methoxy groups -OCH3 is 1. The molecule has 0 saturated heterocycles. The molecule has 0 saturated carbocycles. The summed E-state index contributed by atoms with van der Waals surface area (Å²) in [6.45, 7) is 0.529. The molecular weight excluding hydrogens is 298 g/mol. The molecule has 0 aliphatic heterocycles. The maximum atomic E-state index is 12.1. The Hall–Kier alpha value is -2.26. The van der Waals surface area contributed by atoms with E-state index in [4.69, 9.17) is 16.3 Å². The summed E-state index contributed by atoms with van der Waals surface area (Å²) < 4.78 is 5.18. The van der Waals surface area contributed by atoms with Gasteiger partial charge in [-0.3, -0.25) is 4.79 Å². The maximum absolute atomic E-state index is 12.1. The van der Waals surface area contributed by atoms with E-state index in [2.05, 4.69) is 0 Å². The van der Waals surface area contributed by atoms with Gasteiger partial charge in [0, 0.05) is 24.7 Å². The second-order valence-corrected chi connectivity index (χ2v) is 5.37. The van der Waals surface area contributed by atoms with Gasteiger partial charge < -0.3 is 9.64 Å². The maximum Gasteiger partial charge on any atom is 0.246 e. The molecule has 0 bridgehead atoms. The number of ether oxygens (including phenoxy) is 1. The molecule has 2 aromatic rings. The van der Waals surface area contributed by atoms with E-state index in [-0.39, 0.29) is 5.91 Å². The number of halogens is 1. The summed E-state index contributed by atoms with van der Waals surface area (Å²) in [6, 6.07) is 15.0. The van der Waals surface area contributed by atoms with E-state index < -0.39 is 0 Å². The number of hydrogen-bond donors (Lipinski definition) is 0. The topological polar surface area (TPSA) is 29.5 Å². The number of amides is 1. The molecule has 0 N–H and O–H groups in total. The lowest BCUT2D eigenvalue weighted by Crippen LogP contribution is -2.24. The smallest absolute Gasteiger partial charge is 0.246 e. The first-order valence-electron chi connectivity index (χ1n) is 6.90. The van der Waals surface area contributed by atoms with Crippen molar-refractivity contribution in [2.45, 2.75) is 6.54 Å². The van der Waals surface area contributed by atoms with Crippen LogP contribution in [0.25, 0.3) is 6.08 Å². The molecule has 0 aliphatic carbocycles. The molecule has 114 valence electrons. The number of rotatable bonds is 5. The summed E-state index contributed by atoms with van der Waals surface area (Å²) in [7, 11) is 3.40. The molecule has 2 rings (SSSR count). The quantitative estimate of drug-likeness (QED) is 0.780. The molecule has 0 atom stereocenters. The van der Waals surface area contributed by atoms with Gasteiger partial charge in [0.1, 0.15) is 5.75 Å². The molecule has 0 spiro atoms. The van der Waals surface area contributed by atoms with Gasteiger partial charge in [-0.1, -0.05) is 35.9 Å². The number of nitrogens with zero attached hydrogens (tertiary/aromatic N) is 1. The minimum atomic E-state index is -0.0576. The van der Waals surface area contributed by atoms with Crippen LogP contribution in [0.3, 0.4) is 0 Å². The van der Waals surface area contributed by atoms with Crippen molar-refractivity contribution >= 4 is 23.6 Å². The number of benzene rings is 2. The Bertz CT molecular complexity index is 665. The molecule has 0 aromatic heterocycles. The Morgan fingerprint density at radius 1 is 1.23 bits per heavy atom. The highest BCUT2D eigenvalue weighted by molar-refractivity contribution is 6.30. The minimum Gasteiger partial charge on any atom is -0.497 e. The number of carbonyl (C=O) groups is 1. The van der Waals surface area contributed by atoms with Crippen molar-refractivity contribution in [1.82, 2.24) is 4.90 Å². The average Bonchev–Trinajstić information content (AvgIpc) is 2.54. The SMILES string of the molecule is COc1cccc(CN(C)C(=O)/C=C/c2ccc(Cl)cc2)c1. The summed E-state index contributed by atoms with van der Waals surface area (Å²) >= 11 is 5.83. The van der Waals surface area contributed by atoms with Gasteiger partial charge in [0.05, 0.1) is 7.11 Å². The predicted octanol–water partition coefficient (Wildman–Crippen LogP) is 4.02. The number of likely N-dealkylation sites (N-methyl/N-ethyl adjacent to an activating group) is 1. The van der Waals surface area contributed by atoms with E-state index in [0.717, 1.165) is 16.9 Å². The van der Waals surface area contributed by atoms with Crippen molar-refractivity contribution in [2.75, 3.05) is 14.2 Å². The third-order valence-corrected chi connectivity index (χ3v) is 3.47. The van der Waals surface area contributed by atoms with Crippen molar-refractivity contribution in [3.05, 3.63) is 70.8 Å². The second-order valence-electron chi connectivity index (χ2n) is 4.93. The van der Waals surface area contributed by atoms with Crippen molar-refractivity contribution in [3.63, 3.8) is 0 Å². The molecular formula is C18H18ClNO2. The molecule has 3 nitrogen and oxygen atoms in total. The van der Waals surface area contributed by atoms with Gasteiger partial charge >= 0.3 is 0 Å². The summed E-state index contributed by atoms with van der Waals surface area (Å²) in [5.74, 6) is 0.729. The largest absolute Gasteiger partial charge is 0.497 e. The van der Waals surface area contributed by atoms with Crippen molar-refractivity contribution in [3.8, 4) is 5.75 Å². The van der Waals surface area contributed by atoms with Crippen LogP contribution < -0.4 is 4.74 Å². The Morgan fingerprint density at radius 3 is 2.64 bits per heavy atom. The van der Waals surface area contributed by atoms with E-state index >= 15 is 0 Å². The third kappa shape index (κ3) is 4.64. The molecule has 22 heavy (non-hydrogen) atoms. The van der Waals surface area contributed by atoms with Crippen LogP contribution >= 0.6 is 11.6 Å². The normalized spacial score (nSPS) is 10.7. The van der Waals surface area contributed by atoms with E-state index in [0.29, 0.717) is 11.6 Å². The Kier molecular flexibility index (Phi) is 5.61. The fourth-order valence-electron chi connectivity index (χ4n) is 1.99. The standard InChI is InChI=1S/C18H18ClNO2/c1-20(13-15-4-3-5-17(12-15)22-2)18(21)11-8-14-6-9-16(19)10-7-14/h3-12H,13H2,1-2H3/b11-8+. The highest BCUT2D eigenvalue weighted by Gasteiger charge is 2.06. The lowest BCUT2D eigenvalue weighted by Gasteiger charge is -2.15. The highest BCUT2D eigenvalue weighted by atomic mass is 35.5. The molecule has 0 fully saturated rings. The van der Waals surface area contributed by atoms with E-state index in [1.54, 1.807) is 43.3 Å². The van der Waals surface area contributed by atoms with E-state index in [1.807, 2.05) is 36.4 Å². The first kappa shape index (κ1) is 16.1. The van der Waals surface area contributed by atoms with Crippen molar-refractivity contribution in [2.24, 2.45) is 0 Å². The van der Waals surface area contributed by atoms with Crippen LogP contribution in [0, 0.1) is 0 Å². The fraction of sp³-hybridized carbons (Fsp3) is 0.167. The first-order chi connectivity index (χ1) is 10.6. The van der Waals surface area contributed by atoms with Gasteiger partial charge in [-0.15, -0.1) is 0 Å². The summed E-state index contributed by atoms with van der Waals surface area (Å²) in [5, 5.41) is 0.679. The highest BCUT2D eigenvalue weighted by Crippen LogP contribution is 2.14. The molecule has 0 unspecified atom stereocenters. The van der Waals surface area contributed by atoms with Gasteiger partial charge in [-0.05, 0) is 41.5 Å². The van der Waals surface area contributed by atoms with E-state index in [1.165, 1.54) is 0 Å². The lowest BCUT2D eigenvalue weighted by atomic mass is 10.2. The lowest BCUT2D eigenvalue weighted by molar-refractivity contribution is -0.125. The van der Waals surface area contributed by atoms with Gasteiger partial charge in [-0.25, -0.2) is 0 Å². The van der Waals surface area contributed by atoms with Crippen molar-refractivity contribution < 1.29 is 9.53 Å². The van der Waals surface area contributed by atoms with Crippen LogP contribution in [0.1, 0.15) is 11.1 Å². The number of carbonyl (C=O) groups excluding carboxylic acids is 1. The summed E-state index contributed by atoms with van der Waals surface area (Å²) in [4.78, 5) is 13.8. The third-order valence-electron chi connectivity index (χ3n) is 3.22. The Balaban J connectivity index is 1.98.